The van der Waals surface area contributed by atoms with E-state index in [0.717, 1.165) is 0 Å². The monoisotopic (exact) mass is 406 g/mol. The van der Waals surface area contributed by atoms with Gasteiger partial charge in [0.1, 0.15) is 12.4 Å². The zero-order valence-electron chi connectivity index (χ0n) is 15.1. The van der Waals surface area contributed by atoms with Crippen LogP contribution in [-0.4, -0.2) is 32.4 Å². The fraction of sp³-hybridized carbons (Fsp3) is 0.263. The number of methoxy groups -OCH3 is 1. The van der Waals surface area contributed by atoms with Gasteiger partial charge < -0.3 is 29.6 Å². The number of rotatable bonds is 7. The number of carbonyl (C=O) groups is 2. The molecule has 2 amide bonds. The van der Waals surface area contributed by atoms with Crippen LogP contribution in [0, 0.1) is 0 Å². The summed E-state index contributed by atoms with van der Waals surface area (Å²) in [7, 11) is 1.56. The predicted octanol–water partition coefficient (Wildman–Crippen LogP) is 3.33. The molecule has 0 fully saturated rings. The molecular formula is C19H19ClN2O6. The van der Waals surface area contributed by atoms with Crippen LogP contribution in [0.2, 0.25) is 5.02 Å². The van der Waals surface area contributed by atoms with E-state index in [0.29, 0.717) is 33.5 Å². The zero-order chi connectivity index (χ0) is 19.9. The molecule has 1 heterocycles. The minimum absolute atomic E-state index is 0.0360. The highest BCUT2D eigenvalue weighted by molar-refractivity contribution is 6.32. The van der Waals surface area contributed by atoms with Crippen molar-refractivity contribution in [3.63, 3.8) is 0 Å². The molecule has 0 unspecified atom stereocenters. The third-order valence-electron chi connectivity index (χ3n) is 3.85. The van der Waals surface area contributed by atoms with E-state index < -0.39 is 12.0 Å². The summed E-state index contributed by atoms with van der Waals surface area (Å²) in [6, 6.07) is 9.84. The molecule has 0 saturated carbocycles. The molecule has 1 aliphatic heterocycles. The molecule has 28 heavy (non-hydrogen) atoms. The van der Waals surface area contributed by atoms with E-state index in [2.05, 4.69) is 10.6 Å². The van der Waals surface area contributed by atoms with Gasteiger partial charge in [0.25, 0.3) is 0 Å². The quantitative estimate of drug-likeness (QED) is 0.685. The minimum atomic E-state index is -0.446. The standard InChI is InChI=1S/C19H19ClN2O6/c1-25-14-4-2-13(3-5-14)22-19(24)21-7-6-17(23)26-10-12-8-15(20)18-16(9-12)27-11-28-18/h2-5,8-9H,6-7,10-11H2,1H3,(H2,21,22,24). The van der Waals surface area contributed by atoms with Gasteiger partial charge in [0, 0.05) is 12.2 Å². The van der Waals surface area contributed by atoms with Gasteiger partial charge in [-0.25, -0.2) is 4.79 Å². The third-order valence-corrected chi connectivity index (χ3v) is 4.13. The molecule has 3 rings (SSSR count). The van der Waals surface area contributed by atoms with Crippen molar-refractivity contribution in [2.24, 2.45) is 0 Å². The van der Waals surface area contributed by atoms with Crippen molar-refractivity contribution < 1.29 is 28.5 Å². The van der Waals surface area contributed by atoms with Gasteiger partial charge in [0.2, 0.25) is 6.79 Å². The molecule has 1 aliphatic rings. The van der Waals surface area contributed by atoms with Crippen molar-refractivity contribution in [3.05, 3.63) is 47.0 Å². The lowest BCUT2D eigenvalue weighted by Crippen LogP contribution is -2.30. The molecule has 9 heteroatoms. The second-order valence-electron chi connectivity index (χ2n) is 5.83. The molecule has 2 N–H and O–H groups in total. The largest absolute Gasteiger partial charge is 0.497 e. The predicted molar refractivity (Wildman–Crippen MR) is 102 cm³/mol. The fourth-order valence-electron chi connectivity index (χ4n) is 2.47. The van der Waals surface area contributed by atoms with Crippen molar-refractivity contribution in [1.82, 2.24) is 5.32 Å². The lowest BCUT2D eigenvalue weighted by molar-refractivity contribution is -0.144. The summed E-state index contributed by atoms with van der Waals surface area (Å²) in [5.74, 6) is 1.26. The Labute approximate surface area is 166 Å². The average Bonchev–Trinajstić information content (AvgIpc) is 3.16. The number of fused-ring (bicyclic) bond motifs is 1. The van der Waals surface area contributed by atoms with E-state index in [1.54, 1.807) is 43.5 Å². The number of amides is 2. The van der Waals surface area contributed by atoms with E-state index in [4.69, 9.17) is 30.5 Å². The molecule has 0 bridgehead atoms. The highest BCUT2D eigenvalue weighted by Gasteiger charge is 2.18. The number of carbonyl (C=O) groups excluding carboxylic acids is 2. The Morgan fingerprint density at radius 3 is 2.71 bits per heavy atom. The maximum absolute atomic E-state index is 11.8. The van der Waals surface area contributed by atoms with E-state index in [1.165, 1.54) is 0 Å². The Bertz CT molecular complexity index is 856. The van der Waals surface area contributed by atoms with Gasteiger partial charge in [-0.05, 0) is 42.0 Å². The number of ether oxygens (including phenoxy) is 4. The molecular weight excluding hydrogens is 388 g/mol. The summed E-state index contributed by atoms with van der Waals surface area (Å²) < 4.78 is 20.7. The minimum Gasteiger partial charge on any atom is -0.497 e. The number of urea groups is 1. The first kappa shape index (κ1) is 19.6. The third kappa shape index (κ3) is 5.20. The van der Waals surface area contributed by atoms with Crippen LogP contribution in [0.5, 0.6) is 17.2 Å². The van der Waals surface area contributed by atoms with Crippen LogP contribution in [0.4, 0.5) is 10.5 Å². The van der Waals surface area contributed by atoms with Gasteiger partial charge in [0.15, 0.2) is 11.5 Å². The Hall–Kier alpha value is -3.13. The number of halogens is 1. The van der Waals surface area contributed by atoms with Gasteiger partial charge in [-0.15, -0.1) is 0 Å². The Morgan fingerprint density at radius 2 is 1.96 bits per heavy atom. The lowest BCUT2D eigenvalue weighted by atomic mass is 10.2. The van der Waals surface area contributed by atoms with Gasteiger partial charge in [-0.1, -0.05) is 11.6 Å². The number of nitrogens with one attached hydrogen (secondary N) is 2. The van der Waals surface area contributed by atoms with Crippen molar-refractivity contribution in [1.29, 1.82) is 0 Å². The number of esters is 1. The number of anilines is 1. The van der Waals surface area contributed by atoms with Gasteiger partial charge in [-0.2, -0.15) is 0 Å². The summed E-state index contributed by atoms with van der Waals surface area (Å²) in [4.78, 5) is 23.7. The van der Waals surface area contributed by atoms with Crippen LogP contribution in [-0.2, 0) is 16.1 Å². The Morgan fingerprint density at radius 1 is 1.18 bits per heavy atom. The topological polar surface area (TPSA) is 95.1 Å². The van der Waals surface area contributed by atoms with E-state index in [-0.39, 0.29) is 26.4 Å². The summed E-state index contributed by atoms with van der Waals surface area (Å²) in [6.45, 7) is 0.304. The van der Waals surface area contributed by atoms with Crippen molar-refractivity contribution >= 4 is 29.3 Å². The number of hydrogen-bond acceptors (Lipinski definition) is 6. The molecule has 0 atom stereocenters. The van der Waals surface area contributed by atoms with Gasteiger partial charge in [0.05, 0.1) is 18.6 Å². The lowest BCUT2D eigenvalue weighted by Gasteiger charge is -2.09. The van der Waals surface area contributed by atoms with Crippen LogP contribution in [0.3, 0.4) is 0 Å². The molecule has 8 nitrogen and oxygen atoms in total. The highest BCUT2D eigenvalue weighted by Crippen LogP contribution is 2.39. The van der Waals surface area contributed by atoms with Crippen LogP contribution in [0.25, 0.3) is 0 Å². The summed E-state index contributed by atoms with van der Waals surface area (Å²) >= 11 is 6.09. The van der Waals surface area contributed by atoms with Crippen LogP contribution < -0.4 is 24.8 Å². The summed E-state index contributed by atoms with van der Waals surface area (Å²) in [5, 5.41) is 5.65. The van der Waals surface area contributed by atoms with Crippen LogP contribution in [0.15, 0.2) is 36.4 Å². The normalized spacial score (nSPS) is 11.6. The summed E-state index contributed by atoms with van der Waals surface area (Å²) in [6.07, 6.45) is 0.0360. The van der Waals surface area contributed by atoms with E-state index in [1.807, 2.05) is 0 Å². The van der Waals surface area contributed by atoms with Crippen molar-refractivity contribution in [2.45, 2.75) is 13.0 Å². The molecule has 0 aromatic heterocycles. The Balaban J connectivity index is 1.37. The smallest absolute Gasteiger partial charge is 0.319 e. The van der Waals surface area contributed by atoms with Gasteiger partial charge in [-0.3, -0.25) is 4.79 Å². The summed E-state index contributed by atoms with van der Waals surface area (Å²) in [5.41, 5.74) is 1.30. The maximum Gasteiger partial charge on any atom is 0.319 e. The Kier molecular flexibility index (Phi) is 6.44. The van der Waals surface area contributed by atoms with Crippen molar-refractivity contribution in [3.8, 4) is 17.2 Å². The number of benzene rings is 2. The van der Waals surface area contributed by atoms with E-state index >= 15 is 0 Å². The fourth-order valence-corrected chi connectivity index (χ4v) is 2.76. The zero-order valence-corrected chi connectivity index (χ0v) is 15.9. The molecule has 0 spiro atoms. The first-order chi connectivity index (χ1) is 13.5. The molecule has 0 saturated heterocycles. The van der Waals surface area contributed by atoms with Crippen LogP contribution in [0.1, 0.15) is 12.0 Å². The second kappa shape index (κ2) is 9.18. The molecule has 2 aromatic rings. The van der Waals surface area contributed by atoms with Crippen molar-refractivity contribution in [2.75, 3.05) is 25.8 Å². The maximum atomic E-state index is 11.8. The van der Waals surface area contributed by atoms with E-state index in [9.17, 15) is 9.59 Å². The molecule has 2 aromatic carbocycles. The van der Waals surface area contributed by atoms with Gasteiger partial charge >= 0.3 is 12.0 Å². The molecule has 148 valence electrons. The molecule has 0 radical (unpaired) electrons. The number of hydrogen-bond donors (Lipinski definition) is 2. The highest BCUT2D eigenvalue weighted by atomic mass is 35.5. The second-order valence-corrected chi connectivity index (χ2v) is 6.24. The molecule has 0 aliphatic carbocycles. The first-order valence-corrected chi connectivity index (χ1v) is 8.85. The SMILES string of the molecule is COc1ccc(NC(=O)NCCC(=O)OCc2cc(Cl)c3c(c2)OCO3)cc1. The average molecular weight is 407 g/mol. The first-order valence-electron chi connectivity index (χ1n) is 8.47. The van der Waals surface area contributed by atoms with Crippen LogP contribution >= 0.6 is 11.6 Å².